The van der Waals surface area contributed by atoms with Crippen molar-refractivity contribution in [2.75, 3.05) is 0 Å². The monoisotopic (exact) mass is 250 g/mol. The average molecular weight is 250 g/mol. The van der Waals surface area contributed by atoms with Gasteiger partial charge in [-0.25, -0.2) is 8.78 Å². The van der Waals surface area contributed by atoms with Gasteiger partial charge in [0.2, 0.25) is 0 Å². The molecule has 0 radical (unpaired) electrons. The van der Waals surface area contributed by atoms with Gasteiger partial charge in [-0.2, -0.15) is 8.78 Å². The Morgan fingerprint density at radius 1 is 1.41 bits per heavy atom. The Kier molecular flexibility index (Phi) is 4.03. The zero-order valence-corrected chi connectivity index (χ0v) is 8.83. The molecule has 1 rings (SSSR count). The van der Waals surface area contributed by atoms with E-state index in [-0.39, 0.29) is 0 Å². The predicted molar refractivity (Wildman–Crippen MR) is 51.7 cm³/mol. The molecule has 0 bridgehead atoms. The smallest absolute Gasteiger partial charge is 0.343 e. The van der Waals surface area contributed by atoms with E-state index >= 15 is 0 Å². The van der Waals surface area contributed by atoms with Gasteiger partial charge < -0.3 is 5.32 Å². The van der Waals surface area contributed by atoms with Crippen LogP contribution in [0.4, 0.5) is 17.6 Å². The van der Waals surface area contributed by atoms with Crippen molar-refractivity contribution in [1.29, 1.82) is 0 Å². The predicted octanol–water partition coefficient (Wildman–Crippen LogP) is 2.16. The number of hydrogen-bond donors (Lipinski definition) is 1. The maximum Gasteiger partial charge on any atom is 0.383 e. The standard InChI is InChI=1S/C10H10F4N2O/c1-6(7-4-2-3-5-15-7)16-9(17)10(13,14)8(11)12/h2-6,8H,1H3,(H,16,17). The third-order valence-electron chi connectivity index (χ3n) is 2.06. The van der Waals surface area contributed by atoms with Crippen molar-refractivity contribution in [2.24, 2.45) is 0 Å². The summed E-state index contributed by atoms with van der Waals surface area (Å²) in [6, 6.07) is 3.82. The van der Waals surface area contributed by atoms with Crippen molar-refractivity contribution in [1.82, 2.24) is 10.3 Å². The van der Waals surface area contributed by atoms with E-state index in [0.29, 0.717) is 5.69 Å². The van der Waals surface area contributed by atoms with Gasteiger partial charge in [0.15, 0.2) is 0 Å². The van der Waals surface area contributed by atoms with Gasteiger partial charge in [0.25, 0.3) is 5.91 Å². The number of alkyl halides is 4. The van der Waals surface area contributed by atoms with E-state index in [1.807, 2.05) is 0 Å². The van der Waals surface area contributed by atoms with Crippen LogP contribution in [0.5, 0.6) is 0 Å². The first-order valence-corrected chi connectivity index (χ1v) is 4.73. The van der Waals surface area contributed by atoms with Gasteiger partial charge in [-0.3, -0.25) is 9.78 Å². The topological polar surface area (TPSA) is 42.0 Å². The SMILES string of the molecule is CC(NC(=O)C(F)(F)C(F)F)c1ccccn1. The van der Waals surface area contributed by atoms with Crippen LogP contribution >= 0.6 is 0 Å². The van der Waals surface area contributed by atoms with Crippen LogP contribution in [0.1, 0.15) is 18.7 Å². The molecule has 0 aromatic carbocycles. The summed E-state index contributed by atoms with van der Waals surface area (Å²) in [4.78, 5) is 14.7. The van der Waals surface area contributed by atoms with Crippen molar-refractivity contribution in [3.8, 4) is 0 Å². The largest absolute Gasteiger partial charge is 0.383 e. The van der Waals surface area contributed by atoms with Gasteiger partial charge in [0, 0.05) is 6.20 Å². The fourth-order valence-electron chi connectivity index (χ4n) is 1.10. The minimum Gasteiger partial charge on any atom is -0.343 e. The van der Waals surface area contributed by atoms with Crippen LogP contribution in [-0.4, -0.2) is 23.2 Å². The Bertz CT molecular complexity index is 383. The van der Waals surface area contributed by atoms with Gasteiger partial charge in [-0.15, -0.1) is 0 Å². The highest BCUT2D eigenvalue weighted by molar-refractivity contribution is 5.84. The molecule has 0 saturated carbocycles. The highest BCUT2D eigenvalue weighted by Gasteiger charge is 2.49. The molecule has 1 unspecified atom stereocenters. The first-order valence-electron chi connectivity index (χ1n) is 4.73. The molecule has 94 valence electrons. The second kappa shape index (κ2) is 5.11. The minimum atomic E-state index is -4.69. The number of carbonyl (C=O) groups is 1. The number of carbonyl (C=O) groups excluding carboxylic acids is 1. The Balaban J connectivity index is 2.70. The van der Waals surface area contributed by atoms with Crippen LogP contribution in [0, 0.1) is 0 Å². The van der Waals surface area contributed by atoms with Crippen LogP contribution in [0.2, 0.25) is 0 Å². The zero-order valence-electron chi connectivity index (χ0n) is 8.83. The molecule has 1 aromatic heterocycles. The molecule has 3 nitrogen and oxygen atoms in total. The molecular weight excluding hydrogens is 240 g/mol. The summed E-state index contributed by atoms with van der Waals surface area (Å²) < 4.78 is 49.0. The fraction of sp³-hybridized carbons (Fsp3) is 0.400. The summed E-state index contributed by atoms with van der Waals surface area (Å²) >= 11 is 0. The fourth-order valence-corrected chi connectivity index (χ4v) is 1.10. The lowest BCUT2D eigenvalue weighted by Gasteiger charge is -2.18. The number of rotatable bonds is 4. The number of hydrogen-bond acceptors (Lipinski definition) is 2. The van der Waals surface area contributed by atoms with Crippen molar-refractivity contribution in [2.45, 2.75) is 25.3 Å². The van der Waals surface area contributed by atoms with Crippen molar-refractivity contribution >= 4 is 5.91 Å². The molecule has 7 heteroatoms. The highest BCUT2D eigenvalue weighted by Crippen LogP contribution is 2.24. The molecule has 0 fully saturated rings. The number of pyridine rings is 1. The van der Waals surface area contributed by atoms with Crippen LogP contribution in [0.15, 0.2) is 24.4 Å². The number of aromatic nitrogens is 1. The lowest BCUT2D eigenvalue weighted by Crippen LogP contribution is -2.46. The van der Waals surface area contributed by atoms with E-state index in [2.05, 4.69) is 4.98 Å². The van der Waals surface area contributed by atoms with E-state index in [9.17, 15) is 22.4 Å². The van der Waals surface area contributed by atoms with E-state index in [1.165, 1.54) is 19.2 Å². The van der Waals surface area contributed by atoms with Gasteiger partial charge in [0.05, 0.1) is 11.7 Å². The van der Waals surface area contributed by atoms with Gasteiger partial charge in [-0.05, 0) is 19.1 Å². The molecule has 0 aliphatic heterocycles. The van der Waals surface area contributed by atoms with Crippen LogP contribution in [0.3, 0.4) is 0 Å². The van der Waals surface area contributed by atoms with E-state index in [4.69, 9.17) is 0 Å². The van der Waals surface area contributed by atoms with Crippen LogP contribution in [-0.2, 0) is 4.79 Å². The zero-order chi connectivity index (χ0) is 13.1. The lowest BCUT2D eigenvalue weighted by molar-refractivity contribution is -0.170. The van der Waals surface area contributed by atoms with Crippen LogP contribution < -0.4 is 5.32 Å². The van der Waals surface area contributed by atoms with Gasteiger partial charge >= 0.3 is 12.3 Å². The summed E-state index contributed by atoms with van der Waals surface area (Å²) in [5, 5.41) is 1.79. The Hall–Kier alpha value is -1.66. The maximum atomic E-state index is 12.6. The Morgan fingerprint density at radius 2 is 2.06 bits per heavy atom. The van der Waals surface area contributed by atoms with Crippen molar-refractivity contribution in [3.05, 3.63) is 30.1 Å². The minimum absolute atomic E-state index is 0.311. The average Bonchev–Trinajstić information content (AvgIpc) is 2.29. The van der Waals surface area contributed by atoms with E-state index < -0.39 is 24.3 Å². The molecule has 1 amide bonds. The maximum absolute atomic E-state index is 12.6. The molecule has 0 saturated heterocycles. The summed E-state index contributed by atoms with van der Waals surface area (Å²) in [6.45, 7) is 1.38. The number of halogens is 4. The van der Waals surface area contributed by atoms with Crippen LogP contribution in [0.25, 0.3) is 0 Å². The third kappa shape index (κ3) is 3.15. The first-order chi connectivity index (χ1) is 7.85. The first kappa shape index (κ1) is 13.4. The van der Waals surface area contributed by atoms with Gasteiger partial charge in [0.1, 0.15) is 0 Å². The second-order valence-corrected chi connectivity index (χ2v) is 3.37. The molecule has 0 aliphatic carbocycles. The van der Waals surface area contributed by atoms with E-state index in [1.54, 1.807) is 17.4 Å². The molecule has 0 aliphatic rings. The van der Waals surface area contributed by atoms with Gasteiger partial charge in [-0.1, -0.05) is 6.07 Å². The second-order valence-electron chi connectivity index (χ2n) is 3.37. The van der Waals surface area contributed by atoms with Crippen molar-refractivity contribution in [3.63, 3.8) is 0 Å². The molecular formula is C10H10F4N2O. The summed E-state index contributed by atoms with van der Waals surface area (Å²) in [5.74, 6) is -6.70. The van der Waals surface area contributed by atoms with Crippen molar-refractivity contribution < 1.29 is 22.4 Å². The van der Waals surface area contributed by atoms with E-state index in [0.717, 1.165) is 0 Å². The summed E-state index contributed by atoms with van der Waals surface area (Å²) in [7, 11) is 0. The summed E-state index contributed by atoms with van der Waals surface area (Å²) in [6.07, 6.45) is -2.62. The normalized spacial score (nSPS) is 13.5. The summed E-state index contributed by atoms with van der Waals surface area (Å²) in [5.41, 5.74) is 0.311. The third-order valence-corrected chi connectivity index (χ3v) is 2.06. The highest BCUT2D eigenvalue weighted by atomic mass is 19.3. The lowest BCUT2D eigenvalue weighted by atomic mass is 10.2. The Morgan fingerprint density at radius 3 is 2.53 bits per heavy atom. The molecule has 1 aromatic rings. The quantitative estimate of drug-likeness (QED) is 0.832. The number of amides is 1. The molecule has 0 spiro atoms. The molecule has 17 heavy (non-hydrogen) atoms. The molecule has 1 N–H and O–H groups in total. The molecule has 1 heterocycles. The number of nitrogens with one attached hydrogen (secondary N) is 1. The molecule has 1 atom stereocenters. The Labute approximate surface area is 94.8 Å². The number of nitrogens with zero attached hydrogens (tertiary/aromatic N) is 1.